The first-order valence-corrected chi connectivity index (χ1v) is 5.09. The number of aliphatic hydroxyl groups excluding tert-OH is 1. The highest BCUT2D eigenvalue weighted by Crippen LogP contribution is 1.98. The molecule has 13 heavy (non-hydrogen) atoms. The normalized spacial score (nSPS) is 8.85. The lowest BCUT2D eigenvalue weighted by Crippen LogP contribution is -2.00. The summed E-state index contributed by atoms with van der Waals surface area (Å²) < 4.78 is 5.08. The van der Waals surface area contributed by atoms with Crippen molar-refractivity contribution in [2.24, 2.45) is 0 Å². The fourth-order valence-corrected chi connectivity index (χ4v) is 0.798. The summed E-state index contributed by atoms with van der Waals surface area (Å²) >= 11 is 0. The molecule has 0 heterocycles. The van der Waals surface area contributed by atoms with E-state index < -0.39 is 0 Å². The number of allylic oxidation sites excluding steroid dienone is 1. The van der Waals surface area contributed by atoms with Crippen LogP contribution in [0, 0.1) is 0 Å². The number of hydrogen-bond acceptors (Lipinski definition) is 2. The summed E-state index contributed by atoms with van der Waals surface area (Å²) in [4.78, 5) is 0. The van der Waals surface area contributed by atoms with Crippen molar-refractivity contribution < 1.29 is 9.84 Å². The van der Waals surface area contributed by atoms with Gasteiger partial charge in [0, 0.05) is 6.61 Å². The Kier molecular flexibility index (Phi) is 20.6. The van der Waals surface area contributed by atoms with Crippen molar-refractivity contribution in [2.75, 3.05) is 19.8 Å². The standard InChI is InChI=1S/C8H18O2.C3H6/c1-2-3-4-5-7-10-8-6-9;1-3-2/h9H,2-8H2,1H3;3H,1H2,2H3. The lowest BCUT2D eigenvalue weighted by atomic mass is 10.2. The van der Waals surface area contributed by atoms with Gasteiger partial charge in [0.1, 0.15) is 0 Å². The molecule has 0 unspecified atom stereocenters. The van der Waals surface area contributed by atoms with Crippen LogP contribution in [0.25, 0.3) is 0 Å². The topological polar surface area (TPSA) is 29.5 Å². The van der Waals surface area contributed by atoms with Gasteiger partial charge in [0.05, 0.1) is 13.2 Å². The van der Waals surface area contributed by atoms with E-state index in [4.69, 9.17) is 9.84 Å². The van der Waals surface area contributed by atoms with E-state index in [-0.39, 0.29) is 6.61 Å². The zero-order valence-corrected chi connectivity index (χ0v) is 9.09. The number of rotatable bonds is 7. The van der Waals surface area contributed by atoms with Gasteiger partial charge in [-0.05, 0) is 13.3 Å². The van der Waals surface area contributed by atoms with Crippen LogP contribution in [-0.2, 0) is 4.74 Å². The number of hydrogen-bond donors (Lipinski definition) is 1. The predicted molar refractivity (Wildman–Crippen MR) is 57.9 cm³/mol. The molecule has 2 heteroatoms. The van der Waals surface area contributed by atoms with Crippen LogP contribution < -0.4 is 0 Å². The van der Waals surface area contributed by atoms with Gasteiger partial charge in [0.25, 0.3) is 0 Å². The minimum atomic E-state index is 0.147. The van der Waals surface area contributed by atoms with Crippen LogP contribution in [0.3, 0.4) is 0 Å². The molecule has 0 aliphatic carbocycles. The summed E-state index contributed by atoms with van der Waals surface area (Å²) in [6.45, 7) is 8.88. The molecule has 0 aromatic rings. The highest BCUT2D eigenvalue weighted by atomic mass is 16.5. The Bertz CT molecular complexity index is 74.2. The predicted octanol–water partition coefficient (Wildman–Crippen LogP) is 2.77. The second kappa shape index (κ2) is 17.7. The molecule has 0 rings (SSSR count). The monoisotopic (exact) mass is 188 g/mol. The van der Waals surface area contributed by atoms with Gasteiger partial charge >= 0.3 is 0 Å². The Morgan fingerprint density at radius 3 is 2.31 bits per heavy atom. The van der Waals surface area contributed by atoms with E-state index in [1.165, 1.54) is 19.3 Å². The van der Waals surface area contributed by atoms with Crippen molar-refractivity contribution in [1.29, 1.82) is 0 Å². The quantitative estimate of drug-likeness (QED) is 0.492. The molecule has 0 amide bonds. The summed E-state index contributed by atoms with van der Waals surface area (Å²) in [5, 5.41) is 8.34. The van der Waals surface area contributed by atoms with Crippen molar-refractivity contribution in [3.63, 3.8) is 0 Å². The van der Waals surface area contributed by atoms with Gasteiger partial charge in [-0.3, -0.25) is 0 Å². The average Bonchev–Trinajstić information content (AvgIpc) is 2.13. The minimum Gasteiger partial charge on any atom is -0.394 e. The van der Waals surface area contributed by atoms with E-state index in [0.717, 1.165) is 13.0 Å². The van der Waals surface area contributed by atoms with Gasteiger partial charge in [0.15, 0.2) is 0 Å². The van der Waals surface area contributed by atoms with Crippen LogP contribution in [-0.4, -0.2) is 24.9 Å². The number of ether oxygens (including phenoxy) is 1. The third-order valence-corrected chi connectivity index (χ3v) is 1.38. The summed E-state index contributed by atoms with van der Waals surface area (Å²) in [6.07, 6.45) is 6.69. The van der Waals surface area contributed by atoms with E-state index >= 15 is 0 Å². The van der Waals surface area contributed by atoms with Crippen LogP contribution in [0.1, 0.15) is 39.5 Å². The third kappa shape index (κ3) is 24.5. The first-order valence-electron chi connectivity index (χ1n) is 5.09. The van der Waals surface area contributed by atoms with Crippen LogP contribution in [0.15, 0.2) is 12.7 Å². The smallest absolute Gasteiger partial charge is 0.0697 e. The second-order valence-corrected chi connectivity index (χ2v) is 2.80. The van der Waals surface area contributed by atoms with Gasteiger partial charge < -0.3 is 9.84 Å². The summed E-state index contributed by atoms with van der Waals surface area (Å²) in [5.41, 5.74) is 0. The average molecular weight is 188 g/mol. The first kappa shape index (κ1) is 15.1. The molecule has 0 aromatic carbocycles. The number of aliphatic hydroxyl groups is 1. The highest BCUT2D eigenvalue weighted by molar-refractivity contribution is 4.51. The maximum Gasteiger partial charge on any atom is 0.0697 e. The van der Waals surface area contributed by atoms with Gasteiger partial charge in [-0.25, -0.2) is 0 Å². The molecule has 0 bridgehead atoms. The van der Waals surface area contributed by atoms with E-state index in [0.29, 0.717) is 6.61 Å². The molecular formula is C11H24O2. The maximum absolute atomic E-state index is 8.34. The molecule has 0 saturated heterocycles. The number of unbranched alkanes of at least 4 members (excludes halogenated alkanes) is 3. The second-order valence-electron chi connectivity index (χ2n) is 2.80. The third-order valence-electron chi connectivity index (χ3n) is 1.38. The lowest BCUT2D eigenvalue weighted by molar-refractivity contribution is 0.0896. The lowest BCUT2D eigenvalue weighted by Gasteiger charge is -2.00. The largest absolute Gasteiger partial charge is 0.394 e. The van der Waals surface area contributed by atoms with Crippen molar-refractivity contribution in [2.45, 2.75) is 39.5 Å². The SMILES string of the molecule is C=CC.CCCCCCOCCO. The van der Waals surface area contributed by atoms with Gasteiger partial charge in [-0.2, -0.15) is 0 Å². The van der Waals surface area contributed by atoms with Crippen LogP contribution in [0.2, 0.25) is 0 Å². The molecule has 0 atom stereocenters. The first-order chi connectivity index (χ1) is 6.33. The zero-order chi connectivity index (χ0) is 10.4. The van der Waals surface area contributed by atoms with Gasteiger partial charge in [-0.15, -0.1) is 6.58 Å². The molecular weight excluding hydrogens is 164 g/mol. The fourth-order valence-electron chi connectivity index (χ4n) is 0.798. The Morgan fingerprint density at radius 1 is 1.23 bits per heavy atom. The minimum absolute atomic E-state index is 0.147. The van der Waals surface area contributed by atoms with Crippen molar-refractivity contribution >= 4 is 0 Å². The van der Waals surface area contributed by atoms with E-state index in [9.17, 15) is 0 Å². The Balaban J connectivity index is 0. The van der Waals surface area contributed by atoms with Crippen LogP contribution in [0.4, 0.5) is 0 Å². The van der Waals surface area contributed by atoms with Crippen molar-refractivity contribution in [3.8, 4) is 0 Å². The molecule has 80 valence electrons. The molecule has 1 N–H and O–H groups in total. The molecule has 0 radical (unpaired) electrons. The van der Waals surface area contributed by atoms with Gasteiger partial charge in [0.2, 0.25) is 0 Å². The van der Waals surface area contributed by atoms with E-state index in [1.807, 2.05) is 6.92 Å². The Hall–Kier alpha value is -0.340. The summed E-state index contributed by atoms with van der Waals surface area (Å²) in [7, 11) is 0. The zero-order valence-electron chi connectivity index (χ0n) is 9.09. The Morgan fingerprint density at radius 2 is 1.85 bits per heavy atom. The molecule has 0 spiro atoms. The Labute approximate surface area is 82.6 Å². The fraction of sp³-hybridized carbons (Fsp3) is 0.818. The van der Waals surface area contributed by atoms with Crippen molar-refractivity contribution in [3.05, 3.63) is 12.7 Å². The molecule has 0 aliphatic heterocycles. The summed E-state index contributed by atoms with van der Waals surface area (Å²) in [6, 6.07) is 0. The van der Waals surface area contributed by atoms with Gasteiger partial charge in [-0.1, -0.05) is 32.3 Å². The van der Waals surface area contributed by atoms with E-state index in [2.05, 4.69) is 13.5 Å². The van der Waals surface area contributed by atoms with E-state index in [1.54, 1.807) is 6.08 Å². The highest BCUT2D eigenvalue weighted by Gasteiger charge is 1.87. The summed E-state index contributed by atoms with van der Waals surface area (Å²) in [5.74, 6) is 0. The molecule has 0 saturated carbocycles. The van der Waals surface area contributed by atoms with Crippen LogP contribution >= 0.6 is 0 Å². The molecule has 0 aromatic heterocycles. The van der Waals surface area contributed by atoms with Crippen molar-refractivity contribution in [1.82, 2.24) is 0 Å². The molecule has 0 fully saturated rings. The van der Waals surface area contributed by atoms with Crippen LogP contribution in [0.5, 0.6) is 0 Å². The molecule has 2 nitrogen and oxygen atoms in total. The molecule has 0 aliphatic rings. The maximum atomic E-state index is 8.34.